The number of alkyl halides is 1. The lowest BCUT2D eigenvalue weighted by atomic mass is 9.94. The summed E-state index contributed by atoms with van der Waals surface area (Å²) in [5.74, 6) is 2.54. The molecule has 10 heteroatoms. The highest BCUT2D eigenvalue weighted by Gasteiger charge is 2.56. The lowest BCUT2D eigenvalue weighted by Gasteiger charge is -2.26. The van der Waals surface area contributed by atoms with Gasteiger partial charge in [-0.15, -0.1) is 0 Å². The van der Waals surface area contributed by atoms with Crippen LogP contribution in [0, 0.1) is 17.7 Å². The third-order valence-corrected chi connectivity index (χ3v) is 3.20. The van der Waals surface area contributed by atoms with Crippen LogP contribution in [0.2, 0.25) is 0 Å². The number of aliphatic hydroxyl groups is 3. The number of hydrogen-bond donors (Lipinski definition) is 4. The van der Waals surface area contributed by atoms with Gasteiger partial charge >= 0.3 is 5.69 Å². The molecule has 0 spiro atoms. The van der Waals surface area contributed by atoms with Crippen molar-refractivity contribution in [3.8, 4) is 11.8 Å². The van der Waals surface area contributed by atoms with E-state index in [9.17, 15) is 28.6 Å². The summed E-state index contributed by atoms with van der Waals surface area (Å²) in [6, 6.07) is 0. The average Bonchev–Trinajstić information content (AvgIpc) is 2.73. The van der Waals surface area contributed by atoms with Crippen molar-refractivity contribution < 1.29 is 28.8 Å². The molecule has 4 N–H and O–H groups in total. The van der Waals surface area contributed by atoms with Crippen LogP contribution in [0.5, 0.6) is 0 Å². The largest absolute Gasteiger partial charge is 0.394 e. The normalized spacial score (nSPS) is 30.9. The van der Waals surface area contributed by atoms with Crippen LogP contribution >= 0.6 is 0 Å². The molecule has 0 aromatic carbocycles. The second-order valence-corrected chi connectivity index (χ2v) is 4.56. The molecule has 0 radical (unpaired) electrons. The van der Waals surface area contributed by atoms with Gasteiger partial charge in [-0.1, -0.05) is 11.8 Å². The lowest BCUT2D eigenvalue weighted by molar-refractivity contribution is -0.0770. The van der Waals surface area contributed by atoms with Crippen molar-refractivity contribution in [1.29, 1.82) is 0 Å². The molecule has 2 heterocycles. The standard InChI is InChI=1S/C12H12F2N2O6/c13-3-1-2-12(21)8(18)7(5-17)22-10(12)16-4-6(14)9(19)15-11(16)20/h4,7-8,10,17-18,21H,3,5H2,(H,15,19,20)/t7-,8+,10-,12?/m1/s1. The van der Waals surface area contributed by atoms with E-state index in [4.69, 9.17) is 9.84 Å². The molecule has 1 unspecified atom stereocenters. The zero-order valence-corrected chi connectivity index (χ0v) is 11.0. The van der Waals surface area contributed by atoms with Gasteiger partial charge in [0.2, 0.25) is 5.82 Å². The van der Waals surface area contributed by atoms with Crippen LogP contribution in [0.1, 0.15) is 6.23 Å². The fourth-order valence-corrected chi connectivity index (χ4v) is 2.14. The Labute approximate surface area is 121 Å². The molecule has 4 atom stereocenters. The molecule has 8 nitrogen and oxygen atoms in total. The van der Waals surface area contributed by atoms with E-state index in [-0.39, 0.29) is 0 Å². The van der Waals surface area contributed by atoms with E-state index in [1.165, 1.54) is 0 Å². The molecule has 1 fully saturated rings. The van der Waals surface area contributed by atoms with Gasteiger partial charge in [-0.3, -0.25) is 14.3 Å². The molecule has 0 aliphatic carbocycles. The van der Waals surface area contributed by atoms with Gasteiger partial charge in [0.15, 0.2) is 11.8 Å². The average molecular weight is 318 g/mol. The number of aromatic amines is 1. The molecule has 0 saturated carbocycles. The molecular formula is C12H12F2N2O6. The van der Waals surface area contributed by atoms with Gasteiger partial charge in [-0.2, -0.15) is 4.39 Å². The second kappa shape index (κ2) is 5.98. The summed E-state index contributed by atoms with van der Waals surface area (Å²) in [6.45, 7) is -1.89. The summed E-state index contributed by atoms with van der Waals surface area (Å²) in [7, 11) is 0. The molecule has 1 aromatic rings. The van der Waals surface area contributed by atoms with Crippen molar-refractivity contribution in [3.05, 3.63) is 32.9 Å². The van der Waals surface area contributed by atoms with E-state index in [0.29, 0.717) is 10.8 Å². The van der Waals surface area contributed by atoms with Gasteiger partial charge < -0.3 is 20.1 Å². The van der Waals surface area contributed by atoms with E-state index in [0.717, 1.165) is 0 Å². The van der Waals surface area contributed by atoms with E-state index in [2.05, 4.69) is 0 Å². The Morgan fingerprint density at radius 1 is 1.50 bits per heavy atom. The highest BCUT2D eigenvalue weighted by Crippen LogP contribution is 2.37. The maximum Gasteiger partial charge on any atom is 0.330 e. The predicted molar refractivity (Wildman–Crippen MR) is 67.0 cm³/mol. The fraction of sp³-hybridized carbons (Fsp3) is 0.500. The molecule has 0 amide bonds. The molecular weight excluding hydrogens is 306 g/mol. The highest BCUT2D eigenvalue weighted by molar-refractivity contribution is 5.23. The number of halogens is 2. The molecule has 1 aromatic heterocycles. The third kappa shape index (κ3) is 2.55. The summed E-state index contributed by atoms with van der Waals surface area (Å²) in [6.07, 6.45) is -4.42. The van der Waals surface area contributed by atoms with Crippen LogP contribution in [0.3, 0.4) is 0 Å². The molecule has 1 saturated heterocycles. The number of H-pyrrole nitrogens is 1. The van der Waals surface area contributed by atoms with Crippen molar-refractivity contribution in [2.45, 2.75) is 24.0 Å². The summed E-state index contributed by atoms with van der Waals surface area (Å²) in [5.41, 5.74) is -4.90. The van der Waals surface area contributed by atoms with Crippen LogP contribution in [0.4, 0.5) is 8.78 Å². The van der Waals surface area contributed by atoms with Crippen molar-refractivity contribution in [1.82, 2.24) is 9.55 Å². The number of aliphatic hydroxyl groups excluding tert-OH is 2. The highest BCUT2D eigenvalue weighted by atomic mass is 19.1. The first-order valence-corrected chi connectivity index (χ1v) is 6.09. The molecule has 22 heavy (non-hydrogen) atoms. The van der Waals surface area contributed by atoms with Crippen molar-refractivity contribution in [2.24, 2.45) is 0 Å². The lowest BCUT2D eigenvalue weighted by Crippen LogP contribution is -2.48. The Morgan fingerprint density at radius 2 is 2.18 bits per heavy atom. The number of ether oxygens (including phenoxy) is 1. The van der Waals surface area contributed by atoms with Crippen LogP contribution in [0.15, 0.2) is 15.8 Å². The minimum atomic E-state index is -2.48. The Bertz CT molecular complexity index is 736. The molecule has 0 bridgehead atoms. The Kier molecular flexibility index (Phi) is 4.43. The summed E-state index contributed by atoms with van der Waals surface area (Å²) in [5, 5.41) is 29.4. The minimum absolute atomic E-state index is 0.459. The molecule has 1 aliphatic heterocycles. The van der Waals surface area contributed by atoms with E-state index < -0.39 is 54.4 Å². The maximum absolute atomic E-state index is 13.3. The molecule has 2 rings (SSSR count). The van der Waals surface area contributed by atoms with E-state index >= 15 is 0 Å². The fourth-order valence-electron chi connectivity index (χ4n) is 2.14. The zero-order chi connectivity index (χ0) is 16.5. The van der Waals surface area contributed by atoms with E-state index in [1.54, 1.807) is 4.98 Å². The van der Waals surface area contributed by atoms with Gasteiger partial charge in [0, 0.05) is 0 Å². The minimum Gasteiger partial charge on any atom is -0.394 e. The number of nitrogens with one attached hydrogen (secondary N) is 1. The van der Waals surface area contributed by atoms with Crippen molar-refractivity contribution in [3.63, 3.8) is 0 Å². The topological polar surface area (TPSA) is 125 Å². The summed E-state index contributed by atoms with van der Waals surface area (Å²) < 4.78 is 31.1. The van der Waals surface area contributed by atoms with Gasteiger partial charge in [0.25, 0.3) is 5.56 Å². The summed E-state index contributed by atoms with van der Waals surface area (Å²) in [4.78, 5) is 24.4. The Morgan fingerprint density at radius 3 is 2.77 bits per heavy atom. The van der Waals surface area contributed by atoms with Crippen LogP contribution < -0.4 is 11.2 Å². The Hall–Kier alpha value is -2.06. The first-order valence-electron chi connectivity index (χ1n) is 6.09. The van der Waals surface area contributed by atoms with Gasteiger partial charge in [-0.25, -0.2) is 9.18 Å². The maximum atomic E-state index is 13.3. The first kappa shape index (κ1) is 16.3. The van der Waals surface area contributed by atoms with Gasteiger partial charge in [0.05, 0.1) is 12.8 Å². The van der Waals surface area contributed by atoms with Gasteiger partial charge in [0.1, 0.15) is 18.9 Å². The number of nitrogens with zero attached hydrogens (tertiary/aromatic N) is 1. The number of hydrogen-bond acceptors (Lipinski definition) is 6. The smallest absolute Gasteiger partial charge is 0.330 e. The summed E-state index contributed by atoms with van der Waals surface area (Å²) >= 11 is 0. The second-order valence-electron chi connectivity index (χ2n) is 4.56. The zero-order valence-electron chi connectivity index (χ0n) is 11.0. The van der Waals surface area contributed by atoms with E-state index in [1.807, 2.05) is 11.8 Å². The molecule has 1 aliphatic rings. The van der Waals surface area contributed by atoms with Gasteiger partial charge in [-0.05, 0) is 0 Å². The monoisotopic (exact) mass is 318 g/mol. The quantitative estimate of drug-likeness (QED) is 0.452. The van der Waals surface area contributed by atoms with Crippen LogP contribution in [0.25, 0.3) is 0 Å². The first-order chi connectivity index (χ1) is 10.3. The van der Waals surface area contributed by atoms with Crippen LogP contribution in [-0.4, -0.2) is 56.0 Å². The number of aromatic nitrogens is 2. The molecule has 120 valence electrons. The number of rotatable bonds is 2. The van der Waals surface area contributed by atoms with Crippen molar-refractivity contribution in [2.75, 3.05) is 13.3 Å². The SMILES string of the molecule is O=c1[nH]c(=O)n([C@@H]2O[C@H](CO)[C@H](O)C2(O)C#CCF)cc1F. The Balaban J connectivity index is 2.59. The third-order valence-electron chi connectivity index (χ3n) is 3.20. The van der Waals surface area contributed by atoms with Crippen molar-refractivity contribution >= 4 is 0 Å². The predicted octanol–water partition coefficient (Wildman–Crippen LogP) is -2.37. The van der Waals surface area contributed by atoms with Crippen LogP contribution in [-0.2, 0) is 4.74 Å².